The summed E-state index contributed by atoms with van der Waals surface area (Å²) < 4.78 is 27.7. The number of likely N-dealkylation sites (N-methyl/N-ethyl adjacent to an activating group) is 1. The quantitative estimate of drug-likeness (QED) is 0.792. The van der Waals surface area contributed by atoms with Crippen LogP contribution in [0.2, 0.25) is 0 Å². The van der Waals surface area contributed by atoms with Crippen LogP contribution in [0, 0.1) is 6.92 Å². The van der Waals surface area contributed by atoms with Crippen LogP contribution in [0.5, 0.6) is 0 Å². The Morgan fingerprint density at radius 2 is 1.81 bits per heavy atom. The minimum absolute atomic E-state index is 0.0181. The number of rotatable bonds is 7. The van der Waals surface area contributed by atoms with E-state index in [0.717, 1.165) is 29.7 Å². The molecule has 2 aromatic rings. The van der Waals surface area contributed by atoms with E-state index in [1.54, 1.807) is 7.05 Å². The van der Waals surface area contributed by atoms with Crippen LogP contribution in [-0.2, 0) is 15.8 Å². The number of benzene rings is 2. The van der Waals surface area contributed by atoms with Gasteiger partial charge in [-0.2, -0.15) is 4.31 Å². The zero-order chi connectivity index (χ0) is 19.4. The maximum atomic E-state index is 13.1. The number of aliphatic hydroxyl groups excluding tert-OH is 1. The highest BCUT2D eigenvalue weighted by atomic mass is 32.2. The summed E-state index contributed by atoms with van der Waals surface area (Å²) in [5.74, 6) is -0.0181. The Labute approximate surface area is 162 Å². The molecular formula is C21H28N2O3S. The molecule has 0 spiro atoms. The monoisotopic (exact) mass is 388 g/mol. The topological polar surface area (TPSA) is 60.9 Å². The molecule has 1 aliphatic rings. The number of β-amino-alcohol motifs (C(OH)–C–C–N with tert-alkyl or cyclic N) is 1. The van der Waals surface area contributed by atoms with Crippen molar-refractivity contribution in [3.63, 3.8) is 0 Å². The number of aryl methyl sites for hydroxylation is 1. The van der Waals surface area contributed by atoms with Gasteiger partial charge in [-0.15, -0.1) is 0 Å². The minimum Gasteiger partial charge on any atom is -0.392 e. The van der Waals surface area contributed by atoms with Crippen molar-refractivity contribution in [1.29, 1.82) is 0 Å². The maximum absolute atomic E-state index is 13.1. The van der Waals surface area contributed by atoms with Gasteiger partial charge < -0.3 is 5.11 Å². The molecule has 2 unspecified atom stereocenters. The molecule has 1 saturated heterocycles. The summed E-state index contributed by atoms with van der Waals surface area (Å²) in [6, 6.07) is 17.1. The molecule has 2 atom stereocenters. The van der Waals surface area contributed by atoms with Gasteiger partial charge in [-0.1, -0.05) is 60.2 Å². The van der Waals surface area contributed by atoms with E-state index in [1.165, 1.54) is 4.31 Å². The first-order chi connectivity index (χ1) is 12.8. The van der Waals surface area contributed by atoms with Crippen LogP contribution in [-0.4, -0.2) is 55.5 Å². The average Bonchev–Trinajstić information content (AvgIpc) is 3.06. The van der Waals surface area contributed by atoms with Gasteiger partial charge in [0.15, 0.2) is 0 Å². The Morgan fingerprint density at radius 3 is 2.41 bits per heavy atom. The molecule has 1 heterocycles. The van der Waals surface area contributed by atoms with E-state index in [-0.39, 0.29) is 17.9 Å². The van der Waals surface area contributed by atoms with Gasteiger partial charge in [0.2, 0.25) is 10.0 Å². The molecule has 3 rings (SSSR count). The van der Waals surface area contributed by atoms with E-state index in [4.69, 9.17) is 0 Å². The third kappa shape index (κ3) is 5.17. The van der Waals surface area contributed by atoms with E-state index in [9.17, 15) is 13.5 Å². The first kappa shape index (κ1) is 20.0. The van der Waals surface area contributed by atoms with E-state index in [1.807, 2.05) is 61.5 Å². The number of aliphatic hydroxyl groups is 1. The summed E-state index contributed by atoms with van der Waals surface area (Å²) in [5.41, 5.74) is 2.86. The van der Waals surface area contributed by atoms with Crippen molar-refractivity contribution in [3.8, 4) is 0 Å². The fourth-order valence-electron chi connectivity index (χ4n) is 3.52. The molecule has 0 radical (unpaired) electrons. The molecule has 146 valence electrons. The molecule has 0 bridgehead atoms. The summed E-state index contributed by atoms with van der Waals surface area (Å²) >= 11 is 0. The minimum atomic E-state index is -3.48. The highest BCUT2D eigenvalue weighted by molar-refractivity contribution is 7.88. The lowest BCUT2D eigenvalue weighted by atomic mass is 10.1. The molecule has 2 aromatic carbocycles. The number of likely N-dealkylation sites (tertiary alicyclic amines) is 1. The van der Waals surface area contributed by atoms with Crippen LogP contribution in [0.15, 0.2) is 54.6 Å². The molecule has 1 fully saturated rings. The summed E-state index contributed by atoms with van der Waals surface area (Å²) in [6.45, 7) is 3.94. The first-order valence-corrected chi connectivity index (χ1v) is 10.9. The molecule has 27 heavy (non-hydrogen) atoms. The molecule has 0 saturated carbocycles. The number of sulfonamides is 1. The van der Waals surface area contributed by atoms with Crippen molar-refractivity contribution in [2.24, 2.45) is 0 Å². The fourth-order valence-corrected chi connectivity index (χ4v) is 4.91. The Bertz CT molecular complexity index is 837. The predicted molar refractivity (Wildman–Crippen MR) is 108 cm³/mol. The molecular weight excluding hydrogens is 360 g/mol. The van der Waals surface area contributed by atoms with Crippen molar-refractivity contribution in [1.82, 2.24) is 9.21 Å². The Kier molecular flexibility index (Phi) is 6.32. The van der Waals surface area contributed by atoms with Crippen molar-refractivity contribution in [3.05, 3.63) is 71.3 Å². The standard InChI is InChI=1S/C21H28N2O3S/c1-17-8-10-18(11-9-17)16-27(25,26)22(2)21(19-6-4-3-5-7-19)15-23-13-12-20(24)14-23/h3-11,20-21,24H,12-16H2,1-2H3. The van der Waals surface area contributed by atoms with Crippen LogP contribution >= 0.6 is 0 Å². The average molecular weight is 389 g/mol. The lowest BCUT2D eigenvalue weighted by molar-refractivity contribution is 0.167. The van der Waals surface area contributed by atoms with E-state index in [2.05, 4.69) is 4.90 Å². The van der Waals surface area contributed by atoms with Gasteiger partial charge in [0.25, 0.3) is 0 Å². The molecule has 0 aliphatic carbocycles. The lowest BCUT2D eigenvalue weighted by Crippen LogP contribution is -2.39. The van der Waals surface area contributed by atoms with Crippen LogP contribution in [0.1, 0.15) is 29.2 Å². The SMILES string of the molecule is Cc1ccc(CS(=O)(=O)N(C)C(CN2CCC(O)C2)c2ccccc2)cc1. The number of nitrogens with zero attached hydrogens (tertiary/aromatic N) is 2. The third-order valence-corrected chi connectivity index (χ3v) is 7.04. The van der Waals surface area contributed by atoms with Gasteiger partial charge in [0, 0.05) is 26.7 Å². The smallest absolute Gasteiger partial charge is 0.218 e. The second-order valence-corrected chi connectivity index (χ2v) is 9.42. The lowest BCUT2D eigenvalue weighted by Gasteiger charge is -2.31. The predicted octanol–water partition coefficient (Wildman–Crippen LogP) is 2.56. The molecule has 1 aliphatic heterocycles. The largest absolute Gasteiger partial charge is 0.392 e. The first-order valence-electron chi connectivity index (χ1n) is 9.32. The van der Waals surface area contributed by atoms with Crippen LogP contribution in [0.4, 0.5) is 0 Å². The fraction of sp³-hybridized carbons (Fsp3) is 0.429. The van der Waals surface area contributed by atoms with Crippen molar-refractivity contribution in [2.75, 3.05) is 26.7 Å². The van der Waals surface area contributed by atoms with Crippen molar-refractivity contribution in [2.45, 2.75) is 31.2 Å². The van der Waals surface area contributed by atoms with Gasteiger partial charge in [0.1, 0.15) is 0 Å². The van der Waals surface area contributed by atoms with Crippen molar-refractivity contribution < 1.29 is 13.5 Å². The Morgan fingerprint density at radius 1 is 1.15 bits per heavy atom. The number of hydrogen-bond acceptors (Lipinski definition) is 4. The molecule has 0 amide bonds. The van der Waals surface area contributed by atoms with Crippen LogP contribution in [0.3, 0.4) is 0 Å². The van der Waals surface area contributed by atoms with Gasteiger partial charge in [0.05, 0.1) is 17.9 Å². The zero-order valence-corrected chi connectivity index (χ0v) is 16.8. The second-order valence-electron chi connectivity index (χ2n) is 7.39. The Hall–Kier alpha value is -1.73. The third-order valence-electron chi connectivity index (χ3n) is 5.21. The summed E-state index contributed by atoms with van der Waals surface area (Å²) in [4.78, 5) is 2.14. The zero-order valence-electron chi connectivity index (χ0n) is 16.0. The highest BCUT2D eigenvalue weighted by Crippen LogP contribution is 2.26. The Balaban J connectivity index is 1.82. The van der Waals surface area contributed by atoms with E-state index >= 15 is 0 Å². The molecule has 6 heteroatoms. The van der Waals surface area contributed by atoms with Crippen molar-refractivity contribution >= 4 is 10.0 Å². The number of hydrogen-bond donors (Lipinski definition) is 1. The van der Waals surface area contributed by atoms with Gasteiger partial charge >= 0.3 is 0 Å². The normalized spacial score (nSPS) is 19.5. The maximum Gasteiger partial charge on any atom is 0.218 e. The van der Waals surface area contributed by atoms with Crippen LogP contribution < -0.4 is 0 Å². The van der Waals surface area contributed by atoms with Gasteiger partial charge in [-0.25, -0.2) is 8.42 Å². The molecule has 1 N–H and O–H groups in total. The van der Waals surface area contributed by atoms with Crippen LogP contribution in [0.25, 0.3) is 0 Å². The molecule has 5 nitrogen and oxygen atoms in total. The van der Waals surface area contributed by atoms with E-state index in [0.29, 0.717) is 13.1 Å². The molecule has 0 aromatic heterocycles. The summed E-state index contributed by atoms with van der Waals surface area (Å²) in [6.07, 6.45) is 0.414. The highest BCUT2D eigenvalue weighted by Gasteiger charge is 2.31. The van der Waals surface area contributed by atoms with E-state index < -0.39 is 10.0 Å². The van der Waals surface area contributed by atoms with Gasteiger partial charge in [-0.05, 0) is 24.5 Å². The van der Waals surface area contributed by atoms with Gasteiger partial charge in [-0.3, -0.25) is 4.90 Å². The summed E-state index contributed by atoms with van der Waals surface area (Å²) in [7, 11) is -1.82. The second kappa shape index (κ2) is 8.52. The summed E-state index contributed by atoms with van der Waals surface area (Å²) in [5, 5.41) is 9.83.